The Morgan fingerprint density at radius 3 is 2.83 bits per heavy atom. The highest BCUT2D eigenvalue weighted by Crippen LogP contribution is 2.28. The van der Waals surface area contributed by atoms with Crippen LogP contribution in [0.4, 0.5) is 10.1 Å². The van der Waals surface area contributed by atoms with Gasteiger partial charge in [-0.3, -0.25) is 4.79 Å². The molecule has 1 aliphatic rings. The third-order valence-corrected chi connectivity index (χ3v) is 3.83. The van der Waals surface area contributed by atoms with Crippen molar-refractivity contribution >= 4 is 17.3 Å². The molecule has 124 valence electrons. The molecule has 1 aliphatic heterocycles. The van der Waals surface area contributed by atoms with Crippen molar-refractivity contribution in [1.82, 2.24) is 0 Å². The quantitative estimate of drug-likeness (QED) is 0.936. The fourth-order valence-corrected chi connectivity index (χ4v) is 2.45. The summed E-state index contributed by atoms with van der Waals surface area (Å²) in [7, 11) is 1.56. The topological polar surface area (TPSA) is 59.9 Å². The Balaban J connectivity index is 1.72. The van der Waals surface area contributed by atoms with Gasteiger partial charge in [0.15, 0.2) is 0 Å². The number of nitrogens with one attached hydrogen (secondary N) is 1. The minimum atomic E-state index is -1.15. The first-order valence-corrected chi connectivity index (χ1v) is 7.47. The Morgan fingerprint density at radius 2 is 2.08 bits per heavy atom. The number of benzene rings is 2. The van der Waals surface area contributed by atoms with Crippen molar-refractivity contribution in [1.29, 1.82) is 0 Å². The summed E-state index contributed by atoms with van der Waals surface area (Å²) in [6.45, 7) is 1.65. The van der Waals surface area contributed by atoms with Gasteiger partial charge in [0.1, 0.15) is 11.6 Å². The first kappa shape index (κ1) is 16.0. The highest BCUT2D eigenvalue weighted by atomic mass is 19.1. The maximum Gasteiger partial charge on any atom is 0.271 e. The van der Waals surface area contributed by atoms with Gasteiger partial charge in [0.2, 0.25) is 5.60 Å². The molecule has 24 heavy (non-hydrogen) atoms. The molecular formula is C18H17FN2O3. The molecule has 0 saturated heterocycles. The average Bonchev–Trinajstić information content (AvgIpc) is 2.99. The first-order valence-electron chi connectivity index (χ1n) is 7.47. The van der Waals surface area contributed by atoms with Crippen molar-refractivity contribution in [2.24, 2.45) is 5.16 Å². The molecule has 1 heterocycles. The summed E-state index contributed by atoms with van der Waals surface area (Å²) in [5, 5.41) is 6.75. The molecule has 1 amide bonds. The number of anilines is 1. The monoisotopic (exact) mass is 328 g/mol. The van der Waals surface area contributed by atoms with Crippen LogP contribution in [-0.2, 0) is 9.63 Å². The molecule has 0 radical (unpaired) electrons. The van der Waals surface area contributed by atoms with E-state index in [1.54, 1.807) is 50.4 Å². The fourth-order valence-electron chi connectivity index (χ4n) is 2.45. The number of carbonyl (C=O) groups is 1. The largest absolute Gasteiger partial charge is 0.497 e. The van der Waals surface area contributed by atoms with E-state index in [1.807, 2.05) is 0 Å². The van der Waals surface area contributed by atoms with Crippen molar-refractivity contribution in [2.75, 3.05) is 12.4 Å². The minimum absolute atomic E-state index is 0.256. The predicted octanol–water partition coefficient (Wildman–Crippen LogP) is 3.36. The van der Waals surface area contributed by atoms with E-state index in [4.69, 9.17) is 9.57 Å². The summed E-state index contributed by atoms with van der Waals surface area (Å²) in [5.41, 5.74) is 0.596. The van der Waals surface area contributed by atoms with Crippen molar-refractivity contribution < 1.29 is 18.8 Å². The zero-order chi connectivity index (χ0) is 17.2. The smallest absolute Gasteiger partial charge is 0.271 e. The highest BCUT2D eigenvalue weighted by molar-refractivity contribution is 6.07. The Kier molecular flexibility index (Phi) is 4.20. The van der Waals surface area contributed by atoms with Gasteiger partial charge in [-0.05, 0) is 31.2 Å². The molecule has 2 aromatic rings. The van der Waals surface area contributed by atoms with Gasteiger partial charge in [-0.1, -0.05) is 23.4 Å². The Bertz CT molecular complexity index is 806. The van der Waals surface area contributed by atoms with Crippen molar-refractivity contribution in [3.05, 3.63) is 59.9 Å². The van der Waals surface area contributed by atoms with Crippen LogP contribution in [0.25, 0.3) is 0 Å². The number of amides is 1. The van der Waals surface area contributed by atoms with E-state index in [-0.39, 0.29) is 18.1 Å². The first-order chi connectivity index (χ1) is 11.5. The van der Waals surface area contributed by atoms with Crippen LogP contribution in [0.1, 0.15) is 18.9 Å². The van der Waals surface area contributed by atoms with Gasteiger partial charge in [0.05, 0.1) is 12.8 Å². The minimum Gasteiger partial charge on any atom is -0.497 e. The summed E-state index contributed by atoms with van der Waals surface area (Å²) in [6, 6.07) is 13.1. The molecule has 3 rings (SSSR count). The van der Waals surface area contributed by atoms with Gasteiger partial charge in [-0.2, -0.15) is 0 Å². The van der Waals surface area contributed by atoms with E-state index < -0.39 is 5.60 Å². The summed E-state index contributed by atoms with van der Waals surface area (Å²) in [5.74, 6) is -0.0439. The second-order valence-corrected chi connectivity index (χ2v) is 5.73. The second-order valence-electron chi connectivity index (χ2n) is 5.73. The third kappa shape index (κ3) is 3.22. The fraction of sp³-hybridized carbons (Fsp3) is 0.222. The van der Waals surface area contributed by atoms with Crippen molar-refractivity contribution in [3.63, 3.8) is 0 Å². The number of methoxy groups -OCH3 is 1. The highest BCUT2D eigenvalue weighted by Gasteiger charge is 2.42. The van der Waals surface area contributed by atoms with Crippen LogP contribution in [0.2, 0.25) is 0 Å². The van der Waals surface area contributed by atoms with Crippen LogP contribution < -0.4 is 10.1 Å². The van der Waals surface area contributed by atoms with E-state index in [0.29, 0.717) is 22.7 Å². The number of oxime groups is 1. The summed E-state index contributed by atoms with van der Waals surface area (Å²) in [4.78, 5) is 17.9. The maximum atomic E-state index is 13.3. The molecular weight excluding hydrogens is 311 g/mol. The number of hydrogen-bond acceptors (Lipinski definition) is 4. The van der Waals surface area contributed by atoms with Crippen molar-refractivity contribution in [3.8, 4) is 5.75 Å². The second kappa shape index (κ2) is 6.31. The van der Waals surface area contributed by atoms with Crippen LogP contribution >= 0.6 is 0 Å². The van der Waals surface area contributed by atoms with Gasteiger partial charge in [0, 0.05) is 23.7 Å². The molecule has 0 fully saturated rings. The number of carbonyl (C=O) groups excluding carboxylic acids is 1. The van der Waals surface area contributed by atoms with E-state index >= 15 is 0 Å². The van der Waals surface area contributed by atoms with Crippen LogP contribution in [0.15, 0.2) is 53.7 Å². The molecule has 1 atom stereocenters. The number of halogens is 1. The molecule has 1 unspecified atom stereocenters. The predicted molar refractivity (Wildman–Crippen MR) is 88.7 cm³/mol. The number of ether oxygens (including phenoxy) is 1. The molecule has 2 aromatic carbocycles. The molecule has 0 saturated carbocycles. The van der Waals surface area contributed by atoms with Crippen LogP contribution in [-0.4, -0.2) is 24.3 Å². The van der Waals surface area contributed by atoms with Gasteiger partial charge in [-0.25, -0.2) is 4.39 Å². The zero-order valence-electron chi connectivity index (χ0n) is 13.4. The van der Waals surface area contributed by atoms with Gasteiger partial charge >= 0.3 is 0 Å². The lowest BCUT2D eigenvalue weighted by atomic mass is 9.95. The van der Waals surface area contributed by atoms with E-state index in [9.17, 15) is 9.18 Å². The standard InChI is InChI=1S/C18H17FN2O3/c1-18(17(22)20-14-7-4-8-15(10-14)23-2)11-16(21-24-18)12-5-3-6-13(19)9-12/h3-10H,11H2,1-2H3,(H,20,22). The molecule has 0 bridgehead atoms. The molecule has 0 spiro atoms. The lowest BCUT2D eigenvalue weighted by Crippen LogP contribution is -2.40. The Labute approximate surface area is 139 Å². The molecule has 6 heteroatoms. The van der Waals surface area contributed by atoms with Gasteiger partial charge < -0.3 is 14.9 Å². The number of nitrogens with zero attached hydrogens (tertiary/aromatic N) is 1. The molecule has 5 nitrogen and oxygen atoms in total. The third-order valence-electron chi connectivity index (χ3n) is 3.83. The van der Waals surface area contributed by atoms with E-state index in [2.05, 4.69) is 10.5 Å². The summed E-state index contributed by atoms with van der Waals surface area (Å²) < 4.78 is 18.5. The SMILES string of the molecule is COc1cccc(NC(=O)C2(C)CC(c3cccc(F)c3)=NO2)c1. The summed E-state index contributed by atoms with van der Waals surface area (Å²) >= 11 is 0. The normalized spacial score (nSPS) is 19.4. The number of rotatable bonds is 4. The lowest BCUT2D eigenvalue weighted by Gasteiger charge is -2.20. The van der Waals surface area contributed by atoms with Crippen molar-refractivity contribution in [2.45, 2.75) is 18.9 Å². The lowest BCUT2D eigenvalue weighted by molar-refractivity contribution is -0.135. The average molecular weight is 328 g/mol. The van der Waals surface area contributed by atoms with Crippen LogP contribution in [0, 0.1) is 5.82 Å². The van der Waals surface area contributed by atoms with E-state index in [1.165, 1.54) is 12.1 Å². The van der Waals surface area contributed by atoms with Crippen LogP contribution in [0.3, 0.4) is 0 Å². The van der Waals surface area contributed by atoms with E-state index in [0.717, 1.165) is 0 Å². The molecule has 0 aromatic heterocycles. The molecule has 1 N–H and O–H groups in total. The number of hydrogen-bond donors (Lipinski definition) is 1. The Morgan fingerprint density at radius 1 is 1.29 bits per heavy atom. The van der Waals surface area contributed by atoms with Gasteiger partial charge in [-0.15, -0.1) is 0 Å². The summed E-state index contributed by atoms with van der Waals surface area (Å²) in [6.07, 6.45) is 0.256. The Hall–Kier alpha value is -2.89. The maximum absolute atomic E-state index is 13.3. The van der Waals surface area contributed by atoms with Crippen LogP contribution in [0.5, 0.6) is 5.75 Å². The zero-order valence-corrected chi connectivity index (χ0v) is 13.4. The molecule has 0 aliphatic carbocycles. The van der Waals surface area contributed by atoms with Gasteiger partial charge in [0.25, 0.3) is 5.91 Å².